The number of benzene rings is 2. The van der Waals surface area contributed by atoms with Gasteiger partial charge in [-0.2, -0.15) is 0 Å². The van der Waals surface area contributed by atoms with Gasteiger partial charge in [-0.3, -0.25) is 14.9 Å². The molecule has 0 aliphatic carbocycles. The molecule has 0 fully saturated rings. The fourth-order valence-electron chi connectivity index (χ4n) is 1.92. The molecule has 2 aromatic carbocycles. The molecule has 0 unspecified atom stereocenters. The summed E-state index contributed by atoms with van der Waals surface area (Å²) in [4.78, 5) is 22.5. The second-order valence-electron chi connectivity index (χ2n) is 4.67. The standard InChI is InChI=1S/C16H16N2O4/c1-3-22-14-8-5-12(6-9-14)16(19)17-15-10-13(18(20)21)7-4-11(15)2/h4-10H,3H2,1-2H3,(H,17,19). The summed E-state index contributed by atoms with van der Waals surface area (Å²) in [5.41, 5.74) is 1.57. The normalized spacial score (nSPS) is 10.1. The van der Waals surface area contributed by atoms with Gasteiger partial charge in [0.2, 0.25) is 0 Å². The van der Waals surface area contributed by atoms with E-state index in [9.17, 15) is 14.9 Å². The van der Waals surface area contributed by atoms with Gasteiger partial charge in [-0.05, 0) is 43.7 Å². The van der Waals surface area contributed by atoms with Crippen LogP contribution in [-0.4, -0.2) is 17.4 Å². The SMILES string of the molecule is CCOc1ccc(C(=O)Nc2cc([N+](=O)[O-])ccc2C)cc1. The minimum Gasteiger partial charge on any atom is -0.494 e. The molecule has 0 saturated heterocycles. The summed E-state index contributed by atoms with van der Waals surface area (Å²) >= 11 is 0. The molecule has 0 radical (unpaired) electrons. The lowest BCUT2D eigenvalue weighted by Crippen LogP contribution is -2.13. The Balaban J connectivity index is 2.17. The fraction of sp³-hybridized carbons (Fsp3) is 0.188. The average Bonchev–Trinajstić information content (AvgIpc) is 2.50. The van der Waals surface area contributed by atoms with E-state index in [1.54, 1.807) is 37.3 Å². The van der Waals surface area contributed by atoms with E-state index >= 15 is 0 Å². The van der Waals surface area contributed by atoms with Crippen LogP contribution in [0.25, 0.3) is 0 Å². The van der Waals surface area contributed by atoms with Crippen LogP contribution < -0.4 is 10.1 Å². The molecule has 0 aliphatic rings. The molecular weight excluding hydrogens is 284 g/mol. The number of nitro benzene ring substituents is 1. The Morgan fingerprint density at radius 1 is 1.23 bits per heavy atom. The van der Waals surface area contributed by atoms with Gasteiger partial charge in [-0.15, -0.1) is 0 Å². The number of rotatable bonds is 5. The first-order valence-corrected chi connectivity index (χ1v) is 6.80. The number of aryl methyl sites for hydroxylation is 1. The summed E-state index contributed by atoms with van der Waals surface area (Å²) in [6.07, 6.45) is 0. The molecule has 6 heteroatoms. The van der Waals surface area contributed by atoms with Crippen LogP contribution in [0.2, 0.25) is 0 Å². The van der Waals surface area contributed by atoms with Crippen molar-refractivity contribution < 1.29 is 14.5 Å². The first kappa shape index (κ1) is 15.5. The highest BCUT2D eigenvalue weighted by atomic mass is 16.6. The lowest BCUT2D eigenvalue weighted by atomic mass is 10.1. The smallest absolute Gasteiger partial charge is 0.271 e. The second-order valence-corrected chi connectivity index (χ2v) is 4.67. The highest BCUT2D eigenvalue weighted by Gasteiger charge is 2.12. The van der Waals surface area contributed by atoms with Crippen molar-refractivity contribution in [2.24, 2.45) is 0 Å². The number of carbonyl (C=O) groups excluding carboxylic acids is 1. The number of nitrogens with zero attached hydrogens (tertiary/aromatic N) is 1. The molecule has 0 saturated carbocycles. The molecule has 22 heavy (non-hydrogen) atoms. The predicted molar refractivity (Wildman–Crippen MR) is 83.4 cm³/mol. The van der Waals surface area contributed by atoms with Gasteiger partial charge in [0.15, 0.2) is 0 Å². The zero-order chi connectivity index (χ0) is 16.1. The number of amides is 1. The third kappa shape index (κ3) is 3.60. The highest BCUT2D eigenvalue weighted by molar-refractivity contribution is 6.04. The average molecular weight is 300 g/mol. The lowest BCUT2D eigenvalue weighted by molar-refractivity contribution is -0.384. The molecule has 0 heterocycles. The molecule has 0 aliphatic heterocycles. The predicted octanol–water partition coefficient (Wildman–Crippen LogP) is 3.55. The third-order valence-electron chi connectivity index (χ3n) is 3.11. The highest BCUT2D eigenvalue weighted by Crippen LogP contribution is 2.22. The maximum absolute atomic E-state index is 12.2. The van der Waals surface area contributed by atoms with Gasteiger partial charge in [0.25, 0.3) is 11.6 Å². The fourth-order valence-corrected chi connectivity index (χ4v) is 1.92. The summed E-state index contributed by atoms with van der Waals surface area (Å²) in [6, 6.07) is 11.1. The molecule has 1 N–H and O–H groups in total. The van der Waals surface area contributed by atoms with Crippen molar-refractivity contribution in [1.29, 1.82) is 0 Å². The Morgan fingerprint density at radius 2 is 1.91 bits per heavy atom. The Hall–Kier alpha value is -2.89. The van der Waals surface area contributed by atoms with Crippen LogP contribution in [0, 0.1) is 17.0 Å². The molecule has 0 aromatic heterocycles. The maximum Gasteiger partial charge on any atom is 0.271 e. The van der Waals surface area contributed by atoms with Crippen molar-refractivity contribution in [3.8, 4) is 5.75 Å². The first-order chi connectivity index (χ1) is 10.5. The van der Waals surface area contributed by atoms with Gasteiger partial charge in [-0.1, -0.05) is 6.07 Å². The first-order valence-electron chi connectivity index (χ1n) is 6.80. The van der Waals surface area contributed by atoms with Crippen LogP contribution in [-0.2, 0) is 0 Å². The van der Waals surface area contributed by atoms with Gasteiger partial charge in [-0.25, -0.2) is 0 Å². The second kappa shape index (κ2) is 6.71. The van der Waals surface area contributed by atoms with E-state index in [0.29, 0.717) is 23.6 Å². The van der Waals surface area contributed by atoms with Crippen LogP contribution in [0.3, 0.4) is 0 Å². The van der Waals surface area contributed by atoms with Crippen molar-refractivity contribution in [2.75, 3.05) is 11.9 Å². The number of non-ortho nitro benzene ring substituents is 1. The number of nitro groups is 1. The molecular formula is C16H16N2O4. The van der Waals surface area contributed by atoms with Crippen LogP contribution in [0.1, 0.15) is 22.8 Å². The summed E-state index contributed by atoms with van der Waals surface area (Å²) < 4.78 is 5.31. The monoisotopic (exact) mass is 300 g/mol. The van der Waals surface area contributed by atoms with Crippen LogP contribution >= 0.6 is 0 Å². The van der Waals surface area contributed by atoms with Crippen molar-refractivity contribution in [3.05, 3.63) is 63.7 Å². The minimum atomic E-state index is -0.494. The third-order valence-corrected chi connectivity index (χ3v) is 3.11. The van der Waals surface area contributed by atoms with Crippen molar-refractivity contribution in [1.82, 2.24) is 0 Å². The molecule has 6 nitrogen and oxygen atoms in total. The van der Waals surface area contributed by atoms with E-state index in [0.717, 1.165) is 5.56 Å². The minimum absolute atomic E-state index is 0.0624. The number of hydrogen-bond donors (Lipinski definition) is 1. The van der Waals surface area contributed by atoms with Crippen molar-refractivity contribution in [3.63, 3.8) is 0 Å². The van der Waals surface area contributed by atoms with Crippen molar-refractivity contribution in [2.45, 2.75) is 13.8 Å². The van der Waals surface area contributed by atoms with Gasteiger partial charge in [0, 0.05) is 17.7 Å². The topological polar surface area (TPSA) is 81.5 Å². The molecule has 2 aromatic rings. The zero-order valence-corrected chi connectivity index (χ0v) is 12.3. The number of anilines is 1. The van der Waals surface area contributed by atoms with Crippen LogP contribution in [0.5, 0.6) is 5.75 Å². The summed E-state index contributed by atoms with van der Waals surface area (Å²) in [5.74, 6) is 0.359. The molecule has 2 rings (SSSR count). The quantitative estimate of drug-likeness (QED) is 0.676. The van der Waals surface area contributed by atoms with Crippen LogP contribution in [0.15, 0.2) is 42.5 Å². The van der Waals surface area contributed by atoms with Gasteiger partial charge in [0.1, 0.15) is 5.75 Å². The van der Waals surface area contributed by atoms with E-state index in [-0.39, 0.29) is 11.6 Å². The van der Waals surface area contributed by atoms with E-state index in [2.05, 4.69) is 5.32 Å². The largest absolute Gasteiger partial charge is 0.494 e. The Bertz CT molecular complexity index is 696. The molecule has 114 valence electrons. The van der Waals surface area contributed by atoms with E-state index in [4.69, 9.17) is 4.74 Å². The van der Waals surface area contributed by atoms with Gasteiger partial charge in [0.05, 0.1) is 17.2 Å². The molecule has 1 amide bonds. The lowest BCUT2D eigenvalue weighted by Gasteiger charge is -2.09. The Kier molecular flexibility index (Phi) is 4.73. The maximum atomic E-state index is 12.2. The zero-order valence-electron chi connectivity index (χ0n) is 12.3. The van der Waals surface area contributed by atoms with Crippen LogP contribution in [0.4, 0.5) is 11.4 Å². The number of nitrogens with one attached hydrogen (secondary N) is 1. The molecule has 0 spiro atoms. The number of carbonyl (C=O) groups is 1. The summed E-state index contributed by atoms with van der Waals surface area (Å²) in [7, 11) is 0. The van der Waals surface area contributed by atoms with E-state index in [1.807, 2.05) is 6.92 Å². The number of hydrogen-bond acceptors (Lipinski definition) is 4. The van der Waals surface area contributed by atoms with Crippen molar-refractivity contribution >= 4 is 17.3 Å². The Labute approximate surface area is 127 Å². The van der Waals surface area contributed by atoms with E-state index in [1.165, 1.54) is 12.1 Å². The van der Waals surface area contributed by atoms with Gasteiger partial charge >= 0.3 is 0 Å². The summed E-state index contributed by atoms with van der Waals surface area (Å²) in [5, 5.41) is 13.5. The summed E-state index contributed by atoms with van der Waals surface area (Å²) in [6.45, 7) is 4.21. The number of ether oxygens (including phenoxy) is 1. The van der Waals surface area contributed by atoms with Gasteiger partial charge < -0.3 is 10.1 Å². The Morgan fingerprint density at radius 3 is 2.50 bits per heavy atom. The van der Waals surface area contributed by atoms with E-state index < -0.39 is 4.92 Å². The molecule has 0 bridgehead atoms. The molecule has 0 atom stereocenters.